The average Bonchev–Trinajstić information content (AvgIpc) is 2.30. The van der Waals surface area contributed by atoms with Gasteiger partial charge >= 0.3 is 0 Å². The molecule has 0 aromatic heterocycles. The Balaban J connectivity index is 2.18. The third kappa shape index (κ3) is 2.52. The Kier molecular flexibility index (Phi) is 3.76. The van der Waals surface area contributed by atoms with Crippen molar-refractivity contribution in [1.29, 1.82) is 0 Å². The number of hydrogen-bond acceptors (Lipinski definition) is 3. The van der Waals surface area contributed by atoms with Gasteiger partial charge in [0.05, 0.1) is 0 Å². The van der Waals surface area contributed by atoms with Crippen LogP contribution in [0.4, 0.5) is 5.69 Å². The smallest absolute Gasteiger partial charge is 0.151 e. The van der Waals surface area contributed by atoms with Gasteiger partial charge in [-0.1, -0.05) is 0 Å². The van der Waals surface area contributed by atoms with Crippen molar-refractivity contribution in [3.63, 3.8) is 0 Å². The zero-order valence-corrected chi connectivity index (χ0v) is 11.1. The maximum Gasteiger partial charge on any atom is 0.151 e. The Morgan fingerprint density at radius 3 is 2.56 bits per heavy atom. The van der Waals surface area contributed by atoms with Crippen molar-refractivity contribution < 1.29 is 9.00 Å². The molecule has 1 aliphatic rings. The number of carbonyl (C=O) groups is 1. The lowest BCUT2D eigenvalue weighted by atomic mass is 10.2. The highest BCUT2D eigenvalue weighted by Gasteiger charge is 2.15. The van der Waals surface area contributed by atoms with Crippen molar-refractivity contribution in [2.75, 3.05) is 29.5 Å². The lowest BCUT2D eigenvalue weighted by Gasteiger charge is -2.28. The van der Waals surface area contributed by atoms with Crippen LogP contribution in [0.15, 0.2) is 22.7 Å². The second-order valence-corrected chi connectivity index (χ2v) is 6.21. The molecule has 0 unspecified atom stereocenters. The Labute approximate surface area is 105 Å². The van der Waals surface area contributed by atoms with Crippen LogP contribution >= 0.6 is 15.9 Å². The minimum atomic E-state index is -0.656. The van der Waals surface area contributed by atoms with Crippen LogP contribution in [0.5, 0.6) is 0 Å². The Morgan fingerprint density at radius 1 is 1.31 bits per heavy atom. The van der Waals surface area contributed by atoms with Gasteiger partial charge < -0.3 is 4.90 Å². The molecule has 3 nitrogen and oxygen atoms in total. The molecular weight excluding hydrogens is 290 g/mol. The molecule has 1 saturated heterocycles. The van der Waals surface area contributed by atoms with Crippen LogP contribution in [0.1, 0.15) is 10.4 Å². The fraction of sp³-hybridized carbons (Fsp3) is 0.364. The molecular formula is C11H12BrNO2S. The van der Waals surface area contributed by atoms with Gasteiger partial charge in [0.25, 0.3) is 0 Å². The maximum absolute atomic E-state index is 11.2. The molecule has 86 valence electrons. The number of nitrogens with zero attached hydrogens (tertiary/aromatic N) is 1. The summed E-state index contributed by atoms with van der Waals surface area (Å²) in [6.45, 7) is 1.64. The number of anilines is 1. The van der Waals surface area contributed by atoms with E-state index in [0.29, 0.717) is 5.56 Å². The predicted octanol–water partition coefficient (Wildman–Crippen LogP) is 1.83. The summed E-state index contributed by atoms with van der Waals surface area (Å²) in [6, 6.07) is 5.68. The van der Waals surface area contributed by atoms with Crippen LogP contribution < -0.4 is 4.90 Å². The van der Waals surface area contributed by atoms with Gasteiger partial charge in [-0.25, -0.2) is 0 Å². The first-order valence-corrected chi connectivity index (χ1v) is 7.33. The SMILES string of the molecule is O=Cc1ccc(N2CCS(=O)CC2)cc1Br. The number of halogens is 1. The summed E-state index contributed by atoms with van der Waals surface area (Å²) in [5.41, 5.74) is 1.73. The van der Waals surface area contributed by atoms with Crippen LogP contribution in [0.25, 0.3) is 0 Å². The quantitative estimate of drug-likeness (QED) is 0.782. The molecule has 0 spiro atoms. The highest BCUT2D eigenvalue weighted by molar-refractivity contribution is 9.10. The van der Waals surface area contributed by atoms with E-state index in [-0.39, 0.29) is 0 Å². The first kappa shape index (κ1) is 11.8. The molecule has 1 aromatic carbocycles. The number of hydrogen-bond donors (Lipinski definition) is 0. The van der Waals surface area contributed by atoms with E-state index in [4.69, 9.17) is 0 Å². The first-order chi connectivity index (χ1) is 7.70. The van der Waals surface area contributed by atoms with Gasteiger partial charge in [0, 0.05) is 51.1 Å². The molecule has 1 aromatic rings. The average molecular weight is 302 g/mol. The van der Waals surface area contributed by atoms with Gasteiger partial charge in [-0.3, -0.25) is 9.00 Å². The molecule has 0 amide bonds. The van der Waals surface area contributed by atoms with Crippen LogP contribution in [0.2, 0.25) is 0 Å². The molecule has 5 heteroatoms. The molecule has 0 radical (unpaired) electrons. The van der Waals surface area contributed by atoms with Crippen LogP contribution in [-0.2, 0) is 10.8 Å². The largest absolute Gasteiger partial charge is 0.370 e. The number of rotatable bonds is 2. The normalized spacial score (nSPS) is 17.4. The topological polar surface area (TPSA) is 37.4 Å². The zero-order chi connectivity index (χ0) is 11.5. The van der Waals surface area contributed by atoms with E-state index < -0.39 is 10.8 Å². The lowest BCUT2D eigenvalue weighted by molar-refractivity contribution is 0.112. The minimum absolute atomic E-state index is 0.656. The van der Waals surface area contributed by atoms with E-state index in [1.54, 1.807) is 6.07 Å². The summed E-state index contributed by atoms with van der Waals surface area (Å²) >= 11 is 3.37. The van der Waals surface area contributed by atoms with Gasteiger partial charge in [-0.2, -0.15) is 0 Å². The molecule has 16 heavy (non-hydrogen) atoms. The first-order valence-electron chi connectivity index (χ1n) is 5.05. The Morgan fingerprint density at radius 2 is 2.00 bits per heavy atom. The van der Waals surface area contributed by atoms with Gasteiger partial charge in [0.15, 0.2) is 6.29 Å². The summed E-state index contributed by atoms with van der Waals surface area (Å²) < 4.78 is 12.0. The third-order valence-electron chi connectivity index (χ3n) is 2.65. The molecule has 0 bridgehead atoms. The second kappa shape index (κ2) is 5.10. The standard InChI is InChI=1S/C11H12BrNO2S/c12-11-7-10(2-1-9(11)8-14)13-3-5-16(15)6-4-13/h1-2,7-8H,3-6H2. The monoisotopic (exact) mass is 301 g/mol. The number of carbonyl (C=O) groups excluding carboxylic acids is 1. The maximum atomic E-state index is 11.2. The molecule has 1 heterocycles. The second-order valence-electron chi connectivity index (χ2n) is 3.66. The van der Waals surface area contributed by atoms with Gasteiger partial charge in [0.2, 0.25) is 0 Å². The van der Waals surface area contributed by atoms with Crippen LogP contribution in [0, 0.1) is 0 Å². The minimum Gasteiger partial charge on any atom is -0.370 e. The molecule has 1 aliphatic heterocycles. The highest BCUT2D eigenvalue weighted by Crippen LogP contribution is 2.24. The van der Waals surface area contributed by atoms with Crippen LogP contribution in [-0.4, -0.2) is 35.1 Å². The van der Waals surface area contributed by atoms with Gasteiger partial charge in [-0.15, -0.1) is 0 Å². The number of benzene rings is 1. The molecule has 0 aliphatic carbocycles. The Hall–Kier alpha value is -0.680. The van der Waals surface area contributed by atoms with Crippen molar-refractivity contribution in [1.82, 2.24) is 0 Å². The summed E-state index contributed by atoms with van der Waals surface area (Å²) in [4.78, 5) is 12.9. The third-order valence-corrected chi connectivity index (χ3v) is 4.62. The van der Waals surface area contributed by atoms with E-state index in [1.165, 1.54) is 0 Å². The lowest BCUT2D eigenvalue weighted by Crippen LogP contribution is -2.37. The van der Waals surface area contributed by atoms with E-state index in [2.05, 4.69) is 20.8 Å². The van der Waals surface area contributed by atoms with Crippen molar-refractivity contribution >= 4 is 38.7 Å². The van der Waals surface area contributed by atoms with E-state index in [1.807, 2.05) is 12.1 Å². The van der Waals surface area contributed by atoms with Crippen LogP contribution in [0.3, 0.4) is 0 Å². The molecule has 0 saturated carbocycles. The van der Waals surface area contributed by atoms with Crippen molar-refractivity contribution in [2.45, 2.75) is 0 Å². The van der Waals surface area contributed by atoms with Gasteiger partial charge in [-0.05, 0) is 34.1 Å². The van der Waals surface area contributed by atoms with Crippen molar-refractivity contribution in [2.24, 2.45) is 0 Å². The van der Waals surface area contributed by atoms with Crippen molar-refractivity contribution in [3.05, 3.63) is 28.2 Å². The number of aldehydes is 1. The molecule has 0 atom stereocenters. The van der Waals surface area contributed by atoms with E-state index in [9.17, 15) is 9.00 Å². The predicted molar refractivity (Wildman–Crippen MR) is 69.6 cm³/mol. The summed E-state index contributed by atoms with van der Waals surface area (Å²) in [5, 5.41) is 0. The molecule has 2 rings (SSSR count). The molecule has 0 N–H and O–H groups in total. The fourth-order valence-corrected chi connectivity index (χ4v) is 3.22. The summed E-state index contributed by atoms with van der Waals surface area (Å²) in [6.07, 6.45) is 0.832. The van der Waals surface area contributed by atoms with Crippen molar-refractivity contribution in [3.8, 4) is 0 Å². The highest BCUT2D eigenvalue weighted by atomic mass is 79.9. The zero-order valence-electron chi connectivity index (χ0n) is 8.69. The van der Waals surface area contributed by atoms with Gasteiger partial charge in [0.1, 0.15) is 0 Å². The Bertz CT molecular complexity index is 426. The summed E-state index contributed by atoms with van der Waals surface area (Å²) in [5.74, 6) is 1.46. The molecule has 1 fully saturated rings. The fourth-order valence-electron chi connectivity index (χ4n) is 1.70. The van der Waals surface area contributed by atoms with E-state index in [0.717, 1.165) is 41.0 Å². The summed E-state index contributed by atoms with van der Waals surface area (Å²) in [7, 11) is -0.656. The van der Waals surface area contributed by atoms with E-state index >= 15 is 0 Å².